The summed E-state index contributed by atoms with van der Waals surface area (Å²) in [7, 11) is -4.21. The summed E-state index contributed by atoms with van der Waals surface area (Å²) in [6, 6.07) is 2.80. The average Bonchev–Trinajstić information content (AvgIpc) is 2.70. The summed E-state index contributed by atoms with van der Waals surface area (Å²) in [5, 5.41) is 6.04. The Morgan fingerprint density at radius 3 is 2.41 bits per heavy atom. The molecule has 120 valence electrons. The Morgan fingerprint density at radius 2 is 1.91 bits per heavy atom. The minimum absolute atomic E-state index is 0.147. The number of nitrogens with one attached hydrogen (secondary N) is 2. The molecule has 0 unspecified atom stereocenters. The van der Waals surface area contributed by atoms with E-state index in [0.29, 0.717) is 6.07 Å². The van der Waals surface area contributed by atoms with Gasteiger partial charge in [0.25, 0.3) is 10.0 Å². The zero-order chi connectivity index (χ0) is 16.7. The van der Waals surface area contributed by atoms with Crippen molar-refractivity contribution in [3.8, 4) is 0 Å². The van der Waals surface area contributed by atoms with E-state index in [2.05, 4.69) is 10.2 Å². The highest BCUT2D eigenvalue weighted by molar-refractivity contribution is 7.92. The summed E-state index contributed by atoms with van der Waals surface area (Å²) >= 11 is 5.55. The van der Waals surface area contributed by atoms with E-state index in [4.69, 9.17) is 11.6 Å². The summed E-state index contributed by atoms with van der Waals surface area (Å²) in [6.07, 6.45) is -4.75. The molecule has 5 nitrogen and oxygen atoms in total. The van der Waals surface area contributed by atoms with E-state index in [9.17, 15) is 21.6 Å². The fourth-order valence-electron chi connectivity index (χ4n) is 1.97. The smallest absolute Gasteiger partial charge is 0.281 e. The summed E-state index contributed by atoms with van der Waals surface area (Å²) in [5.41, 5.74) is -1.38. The van der Waals surface area contributed by atoms with Gasteiger partial charge in [0.2, 0.25) is 0 Å². The maximum Gasteiger partial charge on any atom is 0.418 e. The van der Waals surface area contributed by atoms with Crippen molar-refractivity contribution in [1.82, 2.24) is 10.2 Å². The van der Waals surface area contributed by atoms with Gasteiger partial charge in [0.1, 0.15) is 4.90 Å². The van der Waals surface area contributed by atoms with Crippen molar-refractivity contribution >= 4 is 27.3 Å². The Balaban J connectivity index is 2.52. The molecule has 0 aliphatic carbocycles. The van der Waals surface area contributed by atoms with E-state index in [1.54, 1.807) is 0 Å². The molecule has 2 aromatic rings. The number of rotatable bonds is 3. The first-order valence-corrected chi connectivity index (χ1v) is 7.79. The van der Waals surface area contributed by atoms with E-state index in [0.717, 1.165) is 6.07 Å². The van der Waals surface area contributed by atoms with Gasteiger partial charge in [0, 0.05) is 5.02 Å². The molecule has 2 N–H and O–H groups in total. The van der Waals surface area contributed by atoms with Gasteiger partial charge < -0.3 is 0 Å². The first kappa shape index (κ1) is 16.6. The van der Waals surface area contributed by atoms with Crippen molar-refractivity contribution in [2.75, 3.05) is 4.72 Å². The highest BCUT2D eigenvalue weighted by Crippen LogP contribution is 2.37. The van der Waals surface area contributed by atoms with Crippen LogP contribution in [-0.4, -0.2) is 18.6 Å². The lowest BCUT2D eigenvalue weighted by atomic mass is 10.2. The number of hydrogen-bond donors (Lipinski definition) is 2. The lowest BCUT2D eigenvalue weighted by Gasteiger charge is -2.15. The van der Waals surface area contributed by atoms with Crippen molar-refractivity contribution < 1.29 is 21.6 Å². The molecule has 0 saturated heterocycles. The fourth-order valence-corrected chi connectivity index (χ4v) is 3.60. The van der Waals surface area contributed by atoms with Crippen molar-refractivity contribution in [3.63, 3.8) is 0 Å². The maximum atomic E-state index is 13.0. The maximum absolute atomic E-state index is 13.0. The third-order valence-corrected chi connectivity index (χ3v) is 4.72. The lowest BCUT2D eigenvalue weighted by Crippen LogP contribution is -2.18. The van der Waals surface area contributed by atoms with Gasteiger partial charge in [-0.05, 0) is 32.0 Å². The van der Waals surface area contributed by atoms with Gasteiger partial charge in [0.05, 0.1) is 22.6 Å². The molecular formula is C12H11ClF3N3O2S. The largest absolute Gasteiger partial charge is 0.418 e. The predicted molar refractivity (Wildman–Crippen MR) is 75.3 cm³/mol. The normalized spacial score (nSPS) is 12.5. The molecule has 10 heteroatoms. The van der Waals surface area contributed by atoms with Crippen LogP contribution >= 0.6 is 11.6 Å². The molecule has 1 aromatic heterocycles. The molecule has 0 fully saturated rings. The Labute approximate surface area is 129 Å². The number of hydrogen-bond acceptors (Lipinski definition) is 3. The van der Waals surface area contributed by atoms with Crippen LogP contribution in [0.5, 0.6) is 0 Å². The van der Waals surface area contributed by atoms with Crippen LogP contribution in [0.4, 0.5) is 18.9 Å². The Morgan fingerprint density at radius 1 is 1.27 bits per heavy atom. The number of alkyl halides is 3. The summed E-state index contributed by atoms with van der Waals surface area (Å²) in [6.45, 7) is 2.89. The molecule has 0 radical (unpaired) electrons. The van der Waals surface area contributed by atoms with Crippen molar-refractivity contribution in [2.45, 2.75) is 24.9 Å². The molecule has 0 bridgehead atoms. The van der Waals surface area contributed by atoms with Crippen molar-refractivity contribution in [3.05, 3.63) is 40.2 Å². The lowest BCUT2D eigenvalue weighted by molar-refractivity contribution is -0.136. The minimum atomic E-state index is -4.75. The van der Waals surface area contributed by atoms with Crippen LogP contribution in [-0.2, 0) is 16.2 Å². The molecular weight excluding hydrogens is 343 g/mol. The number of aromatic amines is 1. The second kappa shape index (κ2) is 5.47. The molecule has 0 aliphatic rings. The highest BCUT2D eigenvalue weighted by Gasteiger charge is 2.35. The first-order valence-electron chi connectivity index (χ1n) is 5.93. The molecule has 0 atom stereocenters. The Kier molecular flexibility index (Phi) is 4.14. The predicted octanol–water partition coefficient (Wildman–Crippen LogP) is 3.50. The minimum Gasteiger partial charge on any atom is -0.281 e. The quantitative estimate of drug-likeness (QED) is 0.886. The molecule has 1 aromatic carbocycles. The monoisotopic (exact) mass is 353 g/mol. The number of aromatic nitrogens is 2. The third kappa shape index (κ3) is 3.20. The van der Waals surface area contributed by atoms with Crippen LogP contribution in [0.15, 0.2) is 23.1 Å². The molecule has 22 heavy (non-hydrogen) atoms. The summed E-state index contributed by atoms with van der Waals surface area (Å²) in [5.74, 6) is 0. The molecule has 0 amide bonds. The average molecular weight is 354 g/mol. The van der Waals surface area contributed by atoms with Gasteiger partial charge in [-0.3, -0.25) is 9.82 Å². The molecule has 0 aliphatic heterocycles. The number of nitrogens with zero attached hydrogens (tertiary/aromatic N) is 1. The standard InChI is InChI=1S/C12H11ClF3N3O2S/c1-6-11(7(2)18-17-6)22(20,21)19-10-4-3-8(13)5-9(10)12(14,15)16/h3-5,19H,1-2H3,(H,17,18). The molecule has 1 heterocycles. The molecule has 2 rings (SSSR count). The van der Waals surface area contributed by atoms with Crippen LogP contribution < -0.4 is 4.72 Å². The van der Waals surface area contributed by atoms with Crippen molar-refractivity contribution in [2.24, 2.45) is 0 Å². The summed E-state index contributed by atoms with van der Waals surface area (Å²) < 4.78 is 65.5. The number of anilines is 1. The van der Waals surface area contributed by atoms with Crippen LogP contribution in [0, 0.1) is 13.8 Å². The van der Waals surface area contributed by atoms with E-state index in [1.165, 1.54) is 19.9 Å². The van der Waals surface area contributed by atoms with E-state index < -0.39 is 27.5 Å². The summed E-state index contributed by atoms with van der Waals surface area (Å²) in [4.78, 5) is -0.185. The number of halogens is 4. The zero-order valence-electron chi connectivity index (χ0n) is 11.4. The number of aryl methyl sites for hydroxylation is 2. The van der Waals surface area contributed by atoms with Crippen LogP contribution in [0.1, 0.15) is 17.0 Å². The SMILES string of the molecule is Cc1n[nH]c(C)c1S(=O)(=O)Nc1ccc(Cl)cc1C(F)(F)F. The third-order valence-electron chi connectivity index (χ3n) is 2.86. The van der Waals surface area contributed by atoms with Gasteiger partial charge in [-0.2, -0.15) is 18.3 Å². The Bertz CT molecular complexity index is 796. The first-order chi connectivity index (χ1) is 10.0. The fraction of sp³-hybridized carbons (Fsp3) is 0.250. The molecule has 0 saturated carbocycles. The molecule has 0 spiro atoms. The van der Waals surface area contributed by atoms with Crippen LogP contribution in [0.2, 0.25) is 5.02 Å². The highest BCUT2D eigenvalue weighted by atomic mass is 35.5. The van der Waals surface area contributed by atoms with E-state index >= 15 is 0 Å². The number of sulfonamides is 1. The second-order valence-corrected chi connectivity index (χ2v) is 6.61. The number of benzene rings is 1. The second-order valence-electron chi connectivity index (χ2n) is 4.56. The van der Waals surface area contributed by atoms with E-state index in [1.807, 2.05) is 4.72 Å². The van der Waals surface area contributed by atoms with Crippen LogP contribution in [0.25, 0.3) is 0 Å². The van der Waals surface area contributed by atoms with Crippen molar-refractivity contribution in [1.29, 1.82) is 0 Å². The van der Waals surface area contributed by atoms with Gasteiger partial charge in [0.15, 0.2) is 0 Å². The van der Waals surface area contributed by atoms with E-state index in [-0.39, 0.29) is 21.3 Å². The Hall–Kier alpha value is -1.74. The van der Waals surface area contributed by atoms with Gasteiger partial charge >= 0.3 is 6.18 Å². The number of H-pyrrole nitrogens is 1. The zero-order valence-corrected chi connectivity index (χ0v) is 13.0. The van der Waals surface area contributed by atoms with Gasteiger partial charge in [-0.15, -0.1) is 0 Å². The van der Waals surface area contributed by atoms with Crippen LogP contribution in [0.3, 0.4) is 0 Å². The van der Waals surface area contributed by atoms with Gasteiger partial charge in [-0.25, -0.2) is 8.42 Å². The topological polar surface area (TPSA) is 74.8 Å². The van der Waals surface area contributed by atoms with Gasteiger partial charge in [-0.1, -0.05) is 11.6 Å².